The molecule has 1 aromatic rings. The predicted octanol–water partition coefficient (Wildman–Crippen LogP) is 2.39. The van der Waals surface area contributed by atoms with Crippen molar-refractivity contribution in [3.63, 3.8) is 0 Å². The molecule has 0 heterocycles. The van der Waals surface area contributed by atoms with Crippen LogP contribution in [0.2, 0.25) is 0 Å². The van der Waals surface area contributed by atoms with Gasteiger partial charge in [0.25, 0.3) is 0 Å². The Labute approximate surface area is 122 Å². The van der Waals surface area contributed by atoms with Crippen molar-refractivity contribution in [3.05, 3.63) is 29.3 Å². The molecule has 0 bridgehead atoms. The van der Waals surface area contributed by atoms with Gasteiger partial charge in [-0.05, 0) is 39.6 Å². The summed E-state index contributed by atoms with van der Waals surface area (Å²) >= 11 is 0. The standard InChI is InChI=1S/C16H26N2O2/c1-12-6-7-15(13(2)10-12)18(9-8-17(4)5)11-14(3)16(19)20/h6-7,10,14H,8-9,11H2,1-5H3,(H,19,20). The van der Waals surface area contributed by atoms with Crippen LogP contribution < -0.4 is 4.90 Å². The molecule has 0 radical (unpaired) electrons. The highest BCUT2D eigenvalue weighted by molar-refractivity contribution is 5.70. The van der Waals surface area contributed by atoms with Gasteiger partial charge in [-0.2, -0.15) is 0 Å². The van der Waals surface area contributed by atoms with Gasteiger partial charge < -0.3 is 14.9 Å². The van der Waals surface area contributed by atoms with E-state index in [9.17, 15) is 4.79 Å². The zero-order chi connectivity index (χ0) is 15.3. The lowest BCUT2D eigenvalue weighted by Gasteiger charge is -2.29. The molecule has 0 aromatic heterocycles. The molecule has 20 heavy (non-hydrogen) atoms. The summed E-state index contributed by atoms with van der Waals surface area (Å²) in [7, 11) is 4.06. The number of rotatable bonds is 7. The molecular weight excluding hydrogens is 252 g/mol. The summed E-state index contributed by atoms with van der Waals surface area (Å²) in [5, 5.41) is 9.13. The number of likely N-dealkylation sites (N-methyl/N-ethyl adjacent to an activating group) is 1. The van der Waals surface area contributed by atoms with Crippen molar-refractivity contribution in [2.24, 2.45) is 5.92 Å². The molecule has 0 saturated carbocycles. The predicted molar refractivity (Wildman–Crippen MR) is 83.5 cm³/mol. The second-order valence-electron chi connectivity index (χ2n) is 5.78. The van der Waals surface area contributed by atoms with Crippen LogP contribution in [0.3, 0.4) is 0 Å². The van der Waals surface area contributed by atoms with E-state index >= 15 is 0 Å². The molecule has 0 spiro atoms. The molecule has 4 nitrogen and oxygen atoms in total. The topological polar surface area (TPSA) is 43.8 Å². The molecule has 1 rings (SSSR count). The maximum Gasteiger partial charge on any atom is 0.308 e. The number of anilines is 1. The van der Waals surface area contributed by atoms with Crippen LogP contribution in [0.1, 0.15) is 18.1 Å². The minimum atomic E-state index is -0.746. The van der Waals surface area contributed by atoms with Gasteiger partial charge in [0.2, 0.25) is 0 Å². The molecule has 4 heteroatoms. The van der Waals surface area contributed by atoms with E-state index in [0.29, 0.717) is 6.54 Å². The Hall–Kier alpha value is -1.55. The first-order valence-corrected chi connectivity index (χ1v) is 7.01. The summed E-state index contributed by atoms with van der Waals surface area (Å²) < 4.78 is 0. The van der Waals surface area contributed by atoms with Gasteiger partial charge in [-0.15, -0.1) is 0 Å². The maximum atomic E-state index is 11.1. The summed E-state index contributed by atoms with van der Waals surface area (Å²) in [6.45, 7) is 8.17. The molecule has 1 atom stereocenters. The van der Waals surface area contributed by atoms with Crippen molar-refractivity contribution in [3.8, 4) is 0 Å². The molecule has 0 aliphatic rings. The number of carbonyl (C=O) groups is 1. The van der Waals surface area contributed by atoms with Gasteiger partial charge in [-0.3, -0.25) is 4.79 Å². The van der Waals surface area contributed by atoms with Crippen LogP contribution in [-0.2, 0) is 4.79 Å². The van der Waals surface area contributed by atoms with E-state index < -0.39 is 5.97 Å². The van der Waals surface area contributed by atoms with Crippen molar-refractivity contribution >= 4 is 11.7 Å². The Balaban J connectivity index is 2.93. The van der Waals surface area contributed by atoms with Gasteiger partial charge in [0.15, 0.2) is 0 Å². The molecule has 0 aliphatic carbocycles. The number of carboxylic acids is 1. The summed E-state index contributed by atoms with van der Waals surface area (Å²) in [6, 6.07) is 6.31. The van der Waals surface area contributed by atoms with E-state index in [2.05, 4.69) is 41.8 Å². The molecule has 1 aromatic carbocycles. The minimum absolute atomic E-state index is 0.377. The van der Waals surface area contributed by atoms with Crippen molar-refractivity contribution in [1.82, 2.24) is 4.90 Å². The molecule has 0 aliphatic heterocycles. The second kappa shape index (κ2) is 7.29. The Morgan fingerprint density at radius 3 is 2.40 bits per heavy atom. The number of hydrogen-bond acceptors (Lipinski definition) is 3. The van der Waals surface area contributed by atoms with Crippen molar-refractivity contribution in [1.29, 1.82) is 0 Å². The van der Waals surface area contributed by atoms with Gasteiger partial charge in [-0.1, -0.05) is 24.6 Å². The highest BCUT2D eigenvalue weighted by atomic mass is 16.4. The summed E-state index contributed by atoms with van der Waals surface area (Å²) in [4.78, 5) is 15.4. The SMILES string of the molecule is Cc1ccc(N(CCN(C)C)CC(C)C(=O)O)c(C)c1. The maximum absolute atomic E-state index is 11.1. The third kappa shape index (κ3) is 4.85. The van der Waals surface area contributed by atoms with Crippen LogP contribution in [0, 0.1) is 19.8 Å². The molecular formula is C16H26N2O2. The number of carboxylic acid groups (broad SMARTS) is 1. The summed E-state index contributed by atoms with van der Waals surface area (Å²) in [5.41, 5.74) is 3.55. The second-order valence-corrected chi connectivity index (χ2v) is 5.78. The van der Waals surface area contributed by atoms with Crippen LogP contribution in [0.15, 0.2) is 18.2 Å². The fourth-order valence-electron chi connectivity index (χ4n) is 2.20. The Morgan fingerprint density at radius 1 is 1.25 bits per heavy atom. The monoisotopic (exact) mass is 278 g/mol. The van der Waals surface area contributed by atoms with E-state index in [1.807, 2.05) is 14.1 Å². The first-order valence-electron chi connectivity index (χ1n) is 7.01. The third-order valence-corrected chi connectivity index (χ3v) is 3.43. The molecule has 0 amide bonds. The van der Waals surface area contributed by atoms with Crippen LogP contribution in [-0.4, -0.2) is 49.7 Å². The van der Waals surface area contributed by atoms with Crippen LogP contribution >= 0.6 is 0 Å². The van der Waals surface area contributed by atoms with Gasteiger partial charge in [0.05, 0.1) is 5.92 Å². The molecule has 1 unspecified atom stereocenters. The average Bonchev–Trinajstić information content (AvgIpc) is 2.34. The summed E-state index contributed by atoms with van der Waals surface area (Å²) in [6.07, 6.45) is 0. The first-order chi connectivity index (χ1) is 9.31. The van der Waals surface area contributed by atoms with Gasteiger partial charge in [-0.25, -0.2) is 0 Å². The lowest BCUT2D eigenvalue weighted by molar-refractivity contribution is -0.140. The highest BCUT2D eigenvalue weighted by Gasteiger charge is 2.18. The number of benzene rings is 1. The van der Waals surface area contributed by atoms with Crippen LogP contribution in [0.25, 0.3) is 0 Å². The van der Waals surface area contributed by atoms with Crippen LogP contribution in [0.4, 0.5) is 5.69 Å². The zero-order valence-corrected chi connectivity index (χ0v) is 13.2. The van der Waals surface area contributed by atoms with Crippen molar-refractivity contribution in [2.45, 2.75) is 20.8 Å². The minimum Gasteiger partial charge on any atom is -0.481 e. The van der Waals surface area contributed by atoms with E-state index in [1.54, 1.807) is 6.92 Å². The fourth-order valence-corrected chi connectivity index (χ4v) is 2.20. The number of aliphatic carboxylic acids is 1. The number of nitrogens with zero attached hydrogens (tertiary/aromatic N) is 2. The molecule has 0 fully saturated rings. The van der Waals surface area contributed by atoms with Gasteiger partial charge >= 0.3 is 5.97 Å². The van der Waals surface area contributed by atoms with Crippen LogP contribution in [0.5, 0.6) is 0 Å². The van der Waals surface area contributed by atoms with E-state index in [4.69, 9.17) is 5.11 Å². The fraction of sp³-hybridized carbons (Fsp3) is 0.562. The molecule has 112 valence electrons. The van der Waals surface area contributed by atoms with Crippen molar-refractivity contribution in [2.75, 3.05) is 38.6 Å². The van der Waals surface area contributed by atoms with E-state index in [1.165, 1.54) is 11.1 Å². The van der Waals surface area contributed by atoms with E-state index in [-0.39, 0.29) is 5.92 Å². The Morgan fingerprint density at radius 2 is 1.90 bits per heavy atom. The molecule has 1 N–H and O–H groups in total. The Bertz CT molecular complexity index is 458. The average molecular weight is 278 g/mol. The van der Waals surface area contributed by atoms with Crippen molar-refractivity contribution < 1.29 is 9.90 Å². The first kappa shape index (κ1) is 16.5. The zero-order valence-electron chi connectivity index (χ0n) is 13.2. The quantitative estimate of drug-likeness (QED) is 0.832. The largest absolute Gasteiger partial charge is 0.481 e. The number of aryl methyl sites for hydroxylation is 2. The highest BCUT2D eigenvalue weighted by Crippen LogP contribution is 2.22. The Kier molecular flexibility index (Phi) is 6.02. The lowest BCUT2D eigenvalue weighted by atomic mass is 10.1. The number of hydrogen-bond donors (Lipinski definition) is 1. The third-order valence-electron chi connectivity index (χ3n) is 3.43. The normalized spacial score (nSPS) is 12.5. The summed E-state index contributed by atoms with van der Waals surface area (Å²) in [5.74, 6) is -1.12. The smallest absolute Gasteiger partial charge is 0.308 e. The molecule has 0 saturated heterocycles. The van der Waals surface area contributed by atoms with Gasteiger partial charge in [0, 0.05) is 25.3 Å². The lowest BCUT2D eigenvalue weighted by Crippen LogP contribution is -2.37. The van der Waals surface area contributed by atoms with Gasteiger partial charge in [0.1, 0.15) is 0 Å². The van der Waals surface area contributed by atoms with E-state index in [0.717, 1.165) is 18.8 Å².